The molecule has 1 aliphatic carbocycles. The van der Waals surface area contributed by atoms with E-state index in [0.717, 1.165) is 44.5 Å². The van der Waals surface area contributed by atoms with Crippen LogP contribution in [0.4, 0.5) is 5.95 Å². The third-order valence-electron chi connectivity index (χ3n) is 4.61. The number of carbonyl (C=O) groups is 1. The molecule has 0 radical (unpaired) electrons. The van der Waals surface area contributed by atoms with Crippen LogP contribution in [0.1, 0.15) is 41.9 Å². The second kappa shape index (κ2) is 5.72. The van der Waals surface area contributed by atoms with Crippen LogP contribution in [-0.4, -0.2) is 54.0 Å². The molecule has 0 unspecified atom stereocenters. The first kappa shape index (κ1) is 14.8. The minimum atomic E-state index is -0.410. The molecular formula is C16H22N4O3. The smallest absolute Gasteiger partial charge is 0.270 e. The summed E-state index contributed by atoms with van der Waals surface area (Å²) in [4.78, 5) is 23.3. The van der Waals surface area contributed by atoms with Crippen LogP contribution in [0.3, 0.4) is 0 Å². The van der Waals surface area contributed by atoms with E-state index < -0.39 is 5.79 Å². The van der Waals surface area contributed by atoms with Gasteiger partial charge in [-0.3, -0.25) is 4.79 Å². The first-order valence-electron chi connectivity index (χ1n) is 8.33. The van der Waals surface area contributed by atoms with E-state index in [9.17, 15) is 4.79 Å². The number of aryl methyl sites for hydroxylation is 1. The number of aromatic nitrogens is 2. The van der Waals surface area contributed by atoms with Crippen LogP contribution in [-0.2, 0) is 9.47 Å². The van der Waals surface area contributed by atoms with Crippen molar-refractivity contribution in [1.29, 1.82) is 0 Å². The van der Waals surface area contributed by atoms with Crippen molar-refractivity contribution in [3.8, 4) is 0 Å². The molecule has 1 saturated carbocycles. The second-order valence-corrected chi connectivity index (χ2v) is 6.54. The molecule has 1 amide bonds. The van der Waals surface area contributed by atoms with E-state index in [-0.39, 0.29) is 5.91 Å². The van der Waals surface area contributed by atoms with Crippen LogP contribution in [0.5, 0.6) is 0 Å². The minimum Gasteiger partial charge on any atom is -0.348 e. The summed E-state index contributed by atoms with van der Waals surface area (Å²) in [5.41, 5.74) is 1.26. The average Bonchev–Trinajstić information content (AvgIpc) is 3.25. The van der Waals surface area contributed by atoms with Gasteiger partial charge in [-0.2, -0.15) is 0 Å². The Morgan fingerprint density at radius 3 is 2.61 bits per heavy atom. The minimum absolute atomic E-state index is 0.102. The van der Waals surface area contributed by atoms with Crippen molar-refractivity contribution >= 4 is 11.9 Å². The number of amides is 1. The monoisotopic (exact) mass is 318 g/mol. The number of nitrogens with one attached hydrogen (secondary N) is 1. The van der Waals surface area contributed by atoms with Crippen LogP contribution >= 0.6 is 0 Å². The molecule has 0 aromatic carbocycles. The molecule has 23 heavy (non-hydrogen) atoms. The maximum atomic E-state index is 12.2. The van der Waals surface area contributed by atoms with Gasteiger partial charge in [-0.1, -0.05) is 0 Å². The summed E-state index contributed by atoms with van der Waals surface area (Å²) in [7, 11) is 0. The van der Waals surface area contributed by atoms with E-state index >= 15 is 0 Å². The maximum Gasteiger partial charge on any atom is 0.270 e. The summed E-state index contributed by atoms with van der Waals surface area (Å²) in [6, 6.07) is 2.07. The summed E-state index contributed by atoms with van der Waals surface area (Å²) < 4.78 is 11.5. The van der Waals surface area contributed by atoms with Gasteiger partial charge in [-0.05, 0) is 25.8 Å². The molecule has 3 fully saturated rings. The SMILES string of the molecule is Cc1cc(C(=O)NC2CC2)nc(N2CCC3(CC2)OCCO3)n1. The first-order valence-corrected chi connectivity index (χ1v) is 8.33. The third-order valence-corrected chi connectivity index (χ3v) is 4.61. The number of nitrogens with zero attached hydrogens (tertiary/aromatic N) is 3. The molecule has 1 aromatic heterocycles. The molecule has 1 N–H and O–H groups in total. The van der Waals surface area contributed by atoms with Gasteiger partial charge in [0.05, 0.1) is 13.2 Å². The first-order chi connectivity index (χ1) is 11.1. The normalized spacial score (nSPS) is 23.3. The summed E-state index contributed by atoms with van der Waals surface area (Å²) >= 11 is 0. The van der Waals surface area contributed by atoms with Crippen molar-refractivity contribution in [3.63, 3.8) is 0 Å². The van der Waals surface area contributed by atoms with Gasteiger partial charge in [0.2, 0.25) is 5.95 Å². The molecule has 2 aliphatic heterocycles. The lowest BCUT2D eigenvalue weighted by molar-refractivity contribution is -0.169. The Morgan fingerprint density at radius 1 is 1.26 bits per heavy atom. The number of piperidine rings is 1. The predicted molar refractivity (Wildman–Crippen MR) is 83.3 cm³/mol. The van der Waals surface area contributed by atoms with Crippen LogP contribution in [0, 0.1) is 6.92 Å². The molecule has 0 atom stereocenters. The van der Waals surface area contributed by atoms with Gasteiger partial charge in [0, 0.05) is 37.7 Å². The van der Waals surface area contributed by atoms with Gasteiger partial charge in [0.15, 0.2) is 5.79 Å². The van der Waals surface area contributed by atoms with Crippen molar-refractivity contribution in [2.24, 2.45) is 0 Å². The molecule has 4 rings (SSSR count). The van der Waals surface area contributed by atoms with Crippen molar-refractivity contribution in [2.45, 2.75) is 44.4 Å². The zero-order valence-electron chi connectivity index (χ0n) is 13.4. The highest BCUT2D eigenvalue weighted by atomic mass is 16.7. The number of hydrogen-bond donors (Lipinski definition) is 1. The van der Waals surface area contributed by atoms with Gasteiger partial charge in [-0.15, -0.1) is 0 Å². The molecule has 7 nitrogen and oxygen atoms in total. The predicted octanol–water partition coefficient (Wildman–Crippen LogP) is 1.02. The summed E-state index contributed by atoms with van der Waals surface area (Å²) in [6.07, 6.45) is 3.73. The fourth-order valence-corrected chi connectivity index (χ4v) is 3.13. The third kappa shape index (κ3) is 3.16. The van der Waals surface area contributed by atoms with Gasteiger partial charge < -0.3 is 19.7 Å². The maximum absolute atomic E-state index is 12.2. The van der Waals surface area contributed by atoms with Crippen molar-refractivity contribution in [3.05, 3.63) is 17.5 Å². The average molecular weight is 318 g/mol. The van der Waals surface area contributed by atoms with Gasteiger partial charge in [-0.25, -0.2) is 9.97 Å². The van der Waals surface area contributed by atoms with Crippen molar-refractivity contribution in [2.75, 3.05) is 31.2 Å². The van der Waals surface area contributed by atoms with E-state index in [0.29, 0.717) is 30.9 Å². The topological polar surface area (TPSA) is 76.6 Å². The molecule has 3 aliphatic rings. The van der Waals surface area contributed by atoms with Crippen LogP contribution in [0.2, 0.25) is 0 Å². The lowest BCUT2D eigenvalue weighted by Crippen LogP contribution is -2.46. The fraction of sp³-hybridized carbons (Fsp3) is 0.688. The Hall–Kier alpha value is -1.73. The summed E-state index contributed by atoms with van der Waals surface area (Å²) in [5, 5.41) is 2.98. The van der Waals surface area contributed by atoms with Crippen LogP contribution in [0.25, 0.3) is 0 Å². The number of carbonyl (C=O) groups excluding carboxylic acids is 1. The van der Waals surface area contributed by atoms with Crippen LogP contribution in [0.15, 0.2) is 6.07 Å². The standard InChI is InChI=1S/C16H22N4O3/c1-11-10-13(14(21)18-12-2-3-12)19-15(17-11)20-6-4-16(5-7-20)22-8-9-23-16/h10,12H,2-9H2,1H3,(H,18,21). The van der Waals surface area contributed by atoms with Gasteiger partial charge in [0.1, 0.15) is 5.69 Å². The molecular weight excluding hydrogens is 296 g/mol. The highest BCUT2D eigenvalue weighted by Gasteiger charge is 2.40. The fourth-order valence-electron chi connectivity index (χ4n) is 3.13. The molecule has 1 aromatic rings. The zero-order valence-corrected chi connectivity index (χ0v) is 13.4. The number of anilines is 1. The van der Waals surface area contributed by atoms with E-state index in [1.54, 1.807) is 6.07 Å². The molecule has 124 valence electrons. The van der Waals surface area contributed by atoms with Gasteiger partial charge >= 0.3 is 0 Å². The largest absolute Gasteiger partial charge is 0.348 e. The molecule has 0 bridgehead atoms. The second-order valence-electron chi connectivity index (χ2n) is 6.54. The Kier molecular flexibility index (Phi) is 3.69. The van der Waals surface area contributed by atoms with E-state index in [2.05, 4.69) is 20.2 Å². The van der Waals surface area contributed by atoms with Gasteiger partial charge in [0.25, 0.3) is 5.91 Å². The van der Waals surface area contributed by atoms with E-state index in [1.165, 1.54) is 0 Å². The number of ether oxygens (including phenoxy) is 2. The lowest BCUT2D eigenvalue weighted by Gasteiger charge is -2.37. The zero-order chi connectivity index (χ0) is 15.9. The highest BCUT2D eigenvalue weighted by molar-refractivity contribution is 5.93. The summed E-state index contributed by atoms with van der Waals surface area (Å²) in [5.74, 6) is 0.112. The Morgan fingerprint density at radius 2 is 1.96 bits per heavy atom. The van der Waals surface area contributed by atoms with Crippen molar-refractivity contribution < 1.29 is 14.3 Å². The lowest BCUT2D eigenvalue weighted by atomic mass is 10.0. The number of rotatable bonds is 3. The van der Waals surface area contributed by atoms with Crippen molar-refractivity contribution in [1.82, 2.24) is 15.3 Å². The Bertz CT molecular complexity index is 601. The molecule has 7 heteroatoms. The molecule has 3 heterocycles. The Labute approximate surface area is 135 Å². The van der Waals surface area contributed by atoms with E-state index in [4.69, 9.17) is 9.47 Å². The highest BCUT2D eigenvalue weighted by Crippen LogP contribution is 2.32. The molecule has 2 saturated heterocycles. The quantitative estimate of drug-likeness (QED) is 0.897. The Balaban J connectivity index is 1.48. The molecule has 1 spiro atoms. The van der Waals surface area contributed by atoms with E-state index in [1.807, 2.05) is 6.92 Å². The summed E-state index contributed by atoms with van der Waals surface area (Å²) in [6.45, 7) is 4.78. The van der Waals surface area contributed by atoms with Crippen LogP contribution < -0.4 is 10.2 Å². The number of hydrogen-bond acceptors (Lipinski definition) is 6.